The lowest BCUT2D eigenvalue weighted by Gasteiger charge is -2.33. The van der Waals surface area contributed by atoms with Gasteiger partial charge in [-0.25, -0.2) is 9.98 Å². The Morgan fingerprint density at radius 3 is 2.64 bits per heavy atom. The minimum Gasteiger partial charge on any atom is -0.465 e. The molecule has 1 atom stereocenters. The first-order chi connectivity index (χ1) is 11.9. The van der Waals surface area contributed by atoms with E-state index in [2.05, 4.69) is 67.6 Å². The molecule has 0 radical (unpaired) electrons. The Morgan fingerprint density at radius 1 is 1.08 bits per heavy atom. The van der Waals surface area contributed by atoms with Crippen LogP contribution in [0.15, 0.2) is 41.7 Å². The van der Waals surface area contributed by atoms with Gasteiger partial charge in [0.25, 0.3) is 0 Å². The molecule has 0 fully saturated rings. The maximum absolute atomic E-state index is 6.26. The van der Waals surface area contributed by atoms with E-state index in [4.69, 9.17) is 9.73 Å². The number of hydrogen-bond acceptors (Lipinski definition) is 3. The van der Waals surface area contributed by atoms with Gasteiger partial charge in [-0.05, 0) is 56.5 Å². The minimum atomic E-state index is -0.565. The van der Waals surface area contributed by atoms with E-state index in [9.17, 15) is 0 Å². The zero-order valence-electron chi connectivity index (χ0n) is 15.4. The van der Waals surface area contributed by atoms with Crippen molar-refractivity contribution >= 4 is 16.9 Å². The second kappa shape index (κ2) is 5.45. The van der Waals surface area contributed by atoms with Crippen molar-refractivity contribution in [3.63, 3.8) is 0 Å². The van der Waals surface area contributed by atoms with Gasteiger partial charge in [-0.2, -0.15) is 0 Å². The monoisotopic (exact) mass is 333 g/mol. The Balaban J connectivity index is 2.01. The maximum Gasteiger partial charge on any atom is 0.199 e. The summed E-state index contributed by atoms with van der Waals surface area (Å²) >= 11 is 0. The van der Waals surface area contributed by atoms with Gasteiger partial charge in [-0.15, -0.1) is 0 Å². The topological polar surface area (TPSA) is 39.4 Å². The second-order valence-corrected chi connectivity index (χ2v) is 7.01. The predicted molar refractivity (Wildman–Crippen MR) is 102 cm³/mol. The lowest BCUT2D eigenvalue weighted by molar-refractivity contribution is 0.0886. The van der Waals surface area contributed by atoms with Gasteiger partial charge in [0, 0.05) is 6.42 Å². The largest absolute Gasteiger partial charge is 0.465 e. The molecule has 0 bridgehead atoms. The predicted octanol–water partition coefficient (Wildman–Crippen LogP) is 4.78. The zero-order chi connectivity index (χ0) is 17.8. The molecular weight excluding hydrogens is 310 g/mol. The highest BCUT2D eigenvalue weighted by atomic mass is 16.5. The summed E-state index contributed by atoms with van der Waals surface area (Å²) < 4.78 is 8.36. The van der Waals surface area contributed by atoms with Gasteiger partial charge in [0.1, 0.15) is 17.9 Å². The number of nitrogens with zero attached hydrogens (tertiary/aromatic N) is 3. The highest BCUT2D eigenvalue weighted by molar-refractivity contribution is 6.07. The van der Waals surface area contributed by atoms with Crippen molar-refractivity contribution in [3.8, 4) is 5.75 Å². The number of aryl methyl sites for hydroxylation is 3. The van der Waals surface area contributed by atoms with Crippen LogP contribution in [0.4, 0.5) is 0 Å². The molecule has 25 heavy (non-hydrogen) atoms. The minimum absolute atomic E-state index is 0.565. The van der Waals surface area contributed by atoms with Crippen LogP contribution in [0.1, 0.15) is 42.5 Å². The first-order valence-electron chi connectivity index (χ1n) is 8.76. The van der Waals surface area contributed by atoms with Crippen molar-refractivity contribution in [2.45, 2.75) is 46.8 Å². The van der Waals surface area contributed by atoms with E-state index in [0.29, 0.717) is 0 Å². The maximum atomic E-state index is 6.26. The lowest BCUT2D eigenvalue weighted by Crippen LogP contribution is -2.37. The Bertz CT molecular complexity index is 1020. The summed E-state index contributed by atoms with van der Waals surface area (Å²) in [6.45, 7) is 10.5. The molecule has 0 N–H and O–H groups in total. The Hall–Kier alpha value is -2.62. The van der Waals surface area contributed by atoms with Crippen molar-refractivity contribution in [2.24, 2.45) is 4.99 Å². The fraction of sp³-hybridized carbons (Fsp3) is 0.333. The van der Waals surface area contributed by atoms with Gasteiger partial charge in [0.2, 0.25) is 0 Å². The summed E-state index contributed by atoms with van der Waals surface area (Å²) in [5.74, 6) is 1.82. The number of hydrogen-bond donors (Lipinski definition) is 0. The standard InChI is InChI=1S/C21H23N3O/c1-6-21(5)23-20(16-9-7-8-14(3)19(16)25-21)24-12-22-18-15(4)13(2)10-11-17(18)24/h7-12H,6H2,1-5H3. The van der Waals surface area contributed by atoms with E-state index in [0.717, 1.165) is 40.2 Å². The molecule has 1 unspecified atom stereocenters. The summed E-state index contributed by atoms with van der Waals surface area (Å²) in [5, 5.41) is 0. The Labute approximate surface area is 148 Å². The highest BCUT2D eigenvalue weighted by Crippen LogP contribution is 2.36. The smallest absolute Gasteiger partial charge is 0.199 e. The summed E-state index contributed by atoms with van der Waals surface area (Å²) in [5.41, 5.74) is 6.15. The zero-order valence-corrected chi connectivity index (χ0v) is 15.4. The average molecular weight is 333 g/mol. The van der Waals surface area contributed by atoms with Crippen LogP contribution >= 0.6 is 0 Å². The third-order valence-corrected chi connectivity index (χ3v) is 5.24. The van der Waals surface area contributed by atoms with Crippen LogP contribution in [0.25, 0.3) is 11.0 Å². The number of benzene rings is 2. The van der Waals surface area contributed by atoms with Gasteiger partial charge in [0.05, 0.1) is 16.6 Å². The van der Waals surface area contributed by atoms with Crippen molar-refractivity contribution in [1.82, 2.24) is 9.55 Å². The molecule has 1 aliphatic heterocycles. The molecule has 128 valence electrons. The number of aliphatic imine (C=N–C) groups is 1. The Kier molecular flexibility index (Phi) is 3.46. The van der Waals surface area contributed by atoms with E-state index in [1.165, 1.54) is 11.1 Å². The molecule has 4 heteroatoms. The van der Waals surface area contributed by atoms with Crippen molar-refractivity contribution in [1.29, 1.82) is 0 Å². The molecule has 1 aromatic heterocycles. The van der Waals surface area contributed by atoms with Gasteiger partial charge in [-0.3, -0.25) is 4.57 Å². The fourth-order valence-corrected chi connectivity index (χ4v) is 3.32. The number of rotatable bonds is 1. The van der Waals surface area contributed by atoms with Crippen molar-refractivity contribution < 1.29 is 4.74 Å². The van der Waals surface area contributed by atoms with E-state index < -0.39 is 5.72 Å². The molecule has 0 saturated carbocycles. The van der Waals surface area contributed by atoms with Gasteiger partial charge >= 0.3 is 0 Å². The highest BCUT2D eigenvalue weighted by Gasteiger charge is 2.33. The molecule has 4 rings (SSSR count). The fourth-order valence-electron chi connectivity index (χ4n) is 3.32. The van der Waals surface area contributed by atoms with Crippen LogP contribution in [0.3, 0.4) is 0 Å². The number of ether oxygens (including phenoxy) is 1. The van der Waals surface area contributed by atoms with Crippen LogP contribution in [-0.4, -0.2) is 21.1 Å². The molecule has 1 aliphatic rings. The Morgan fingerprint density at radius 2 is 1.88 bits per heavy atom. The summed E-state index contributed by atoms with van der Waals surface area (Å²) in [7, 11) is 0. The van der Waals surface area contributed by atoms with Crippen LogP contribution in [0.2, 0.25) is 0 Å². The lowest BCUT2D eigenvalue weighted by atomic mass is 10.0. The second-order valence-electron chi connectivity index (χ2n) is 7.01. The van der Waals surface area contributed by atoms with Crippen molar-refractivity contribution in [2.75, 3.05) is 0 Å². The number of fused-ring (bicyclic) bond motifs is 2. The molecule has 0 saturated heterocycles. The van der Waals surface area contributed by atoms with E-state index in [1.807, 2.05) is 13.3 Å². The number of aromatic nitrogens is 2. The molecule has 0 amide bonds. The van der Waals surface area contributed by atoms with E-state index in [1.54, 1.807) is 0 Å². The van der Waals surface area contributed by atoms with E-state index in [-0.39, 0.29) is 0 Å². The number of para-hydroxylation sites is 1. The number of imidazole rings is 1. The van der Waals surface area contributed by atoms with E-state index >= 15 is 0 Å². The van der Waals surface area contributed by atoms with Gasteiger partial charge in [0.15, 0.2) is 5.72 Å². The molecule has 4 nitrogen and oxygen atoms in total. The van der Waals surface area contributed by atoms with Gasteiger partial charge < -0.3 is 4.74 Å². The van der Waals surface area contributed by atoms with Crippen LogP contribution < -0.4 is 4.74 Å². The average Bonchev–Trinajstić information content (AvgIpc) is 3.03. The molecular formula is C21H23N3O. The normalized spacial score (nSPS) is 19.5. The van der Waals surface area contributed by atoms with Crippen molar-refractivity contribution in [3.05, 3.63) is 58.9 Å². The summed E-state index contributed by atoms with van der Waals surface area (Å²) in [6.07, 6.45) is 2.68. The van der Waals surface area contributed by atoms with Crippen LogP contribution in [0, 0.1) is 20.8 Å². The first kappa shape index (κ1) is 15.9. The molecule has 3 aromatic rings. The SMILES string of the molecule is CCC1(C)N=C(n2cnc3c(C)c(C)ccc32)c2cccc(C)c2O1. The third kappa shape index (κ3) is 2.36. The summed E-state index contributed by atoms with van der Waals surface area (Å²) in [6, 6.07) is 10.5. The first-order valence-corrected chi connectivity index (χ1v) is 8.76. The summed E-state index contributed by atoms with van der Waals surface area (Å²) in [4.78, 5) is 9.64. The van der Waals surface area contributed by atoms with Crippen LogP contribution in [-0.2, 0) is 0 Å². The quantitative estimate of drug-likeness (QED) is 0.643. The van der Waals surface area contributed by atoms with Crippen LogP contribution in [0.5, 0.6) is 5.75 Å². The molecule has 0 spiro atoms. The van der Waals surface area contributed by atoms with Gasteiger partial charge in [-0.1, -0.05) is 25.1 Å². The molecule has 2 aromatic carbocycles. The molecule has 2 heterocycles. The molecule has 0 aliphatic carbocycles. The third-order valence-electron chi connectivity index (χ3n) is 5.24.